The molecule has 0 atom stereocenters. The van der Waals surface area contributed by atoms with Crippen LogP contribution in [0.1, 0.15) is 5.82 Å². The van der Waals surface area contributed by atoms with Gasteiger partial charge in [0.15, 0.2) is 0 Å². The zero-order valence-electron chi connectivity index (χ0n) is 7.74. The van der Waals surface area contributed by atoms with E-state index in [-0.39, 0.29) is 0 Å². The van der Waals surface area contributed by atoms with Crippen LogP contribution < -0.4 is 0 Å². The van der Waals surface area contributed by atoms with Crippen molar-refractivity contribution >= 4 is 0 Å². The molecular weight excluding hydrogens is 162 g/mol. The van der Waals surface area contributed by atoms with Gasteiger partial charge in [0.25, 0.3) is 0 Å². The van der Waals surface area contributed by atoms with Crippen LogP contribution in [-0.4, -0.2) is 28.0 Å². The maximum atomic E-state index is 4.15. The third-order valence-corrected chi connectivity index (χ3v) is 1.70. The molecule has 0 aromatic carbocycles. The third-order valence-electron chi connectivity index (χ3n) is 1.70. The number of rotatable bonds is 6. The Hall–Kier alpha value is -1.35. The van der Waals surface area contributed by atoms with E-state index in [1.54, 1.807) is 6.20 Å². The van der Waals surface area contributed by atoms with Crippen molar-refractivity contribution in [2.24, 2.45) is 0 Å². The van der Waals surface area contributed by atoms with Crippen molar-refractivity contribution in [2.45, 2.75) is 6.54 Å². The van der Waals surface area contributed by atoms with Crippen LogP contribution in [0.4, 0.5) is 0 Å². The van der Waals surface area contributed by atoms with Crippen LogP contribution in [-0.2, 0) is 6.54 Å². The first kappa shape index (κ1) is 9.74. The van der Waals surface area contributed by atoms with E-state index in [1.165, 1.54) is 0 Å². The van der Waals surface area contributed by atoms with Gasteiger partial charge in [0.05, 0.1) is 6.54 Å². The molecule has 0 fully saturated rings. The Labute approximate surface area is 78.8 Å². The van der Waals surface area contributed by atoms with Crippen molar-refractivity contribution in [3.05, 3.63) is 43.5 Å². The molecule has 0 unspecified atom stereocenters. The zero-order valence-corrected chi connectivity index (χ0v) is 7.74. The topological polar surface area (TPSA) is 31.9 Å². The molecule has 1 N–H and O–H groups in total. The van der Waals surface area contributed by atoms with Crippen LogP contribution in [0, 0.1) is 0 Å². The molecule has 0 amide bonds. The van der Waals surface area contributed by atoms with E-state index in [0.29, 0.717) is 0 Å². The van der Waals surface area contributed by atoms with Crippen LogP contribution in [0.5, 0.6) is 0 Å². The zero-order chi connectivity index (χ0) is 9.52. The van der Waals surface area contributed by atoms with Crippen molar-refractivity contribution in [3.63, 3.8) is 0 Å². The Morgan fingerprint density at radius 2 is 2.08 bits per heavy atom. The molecule has 1 aromatic heterocycles. The molecule has 0 bridgehead atoms. The molecule has 0 aliphatic carbocycles. The molecule has 1 heterocycles. The second-order valence-corrected chi connectivity index (χ2v) is 2.81. The third kappa shape index (κ3) is 3.25. The molecule has 13 heavy (non-hydrogen) atoms. The van der Waals surface area contributed by atoms with Crippen LogP contribution in [0.3, 0.4) is 0 Å². The number of imidazole rings is 1. The van der Waals surface area contributed by atoms with Crippen LogP contribution in [0.15, 0.2) is 37.7 Å². The number of aromatic amines is 1. The maximum Gasteiger partial charge on any atom is 0.120 e. The Morgan fingerprint density at radius 3 is 2.54 bits per heavy atom. The lowest BCUT2D eigenvalue weighted by atomic mass is 10.4. The van der Waals surface area contributed by atoms with Crippen molar-refractivity contribution in [3.8, 4) is 0 Å². The summed E-state index contributed by atoms with van der Waals surface area (Å²) in [5.41, 5.74) is 0. The van der Waals surface area contributed by atoms with Gasteiger partial charge >= 0.3 is 0 Å². The minimum atomic E-state index is 0.811. The summed E-state index contributed by atoms with van der Waals surface area (Å²) in [7, 11) is 0. The number of hydrogen-bond donors (Lipinski definition) is 1. The summed E-state index contributed by atoms with van der Waals surface area (Å²) in [5.74, 6) is 0.976. The van der Waals surface area contributed by atoms with Gasteiger partial charge in [-0.25, -0.2) is 4.98 Å². The van der Waals surface area contributed by atoms with Crippen LogP contribution in [0.2, 0.25) is 0 Å². The van der Waals surface area contributed by atoms with Gasteiger partial charge in [0, 0.05) is 25.5 Å². The van der Waals surface area contributed by atoms with Gasteiger partial charge < -0.3 is 4.98 Å². The Balaban J connectivity index is 2.46. The van der Waals surface area contributed by atoms with E-state index < -0.39 is 0 Å². The van der Waals surface area contributed by atoms with Crippen molar-refractivity contribution in [1.82, 2.24) is 14.9 Å². The van der Waals surface area contributed by atoms with Gasteiger partial charge in [-0.05, 0) is 0 Å². The van der Waals surface area contributed by atoms with Gasteiger partial charge in [-0.1, -0.05) is 12.2 Å². The standard InChI is InChI=1S/C10H15N3/c1-3-7-13(8-4-2)9-10-11-5-6-12-10/h3-6H,1-2,7-9H2,(H,11,12). The fraction of sp³-hybridized carbons (Fsp3) is 0.300. The summed E-state index contributed by atoms with van der Waals surface area (Å²) in [4.78, 5) is 9.41. The normalized spacial score (nSPS) is 10.2. The molecular formula is C10H15N3. The molecule has 3 nitrogen and oxygen atoms in total. The summed E-state index contributed by atoms with van der Waals surface area (Å²) in [6, 6.07) is 0. The molecule has 0 saturated heterocycles. The minimum absolute atomic E-state index is 0.811. The number of H-pyrrole nitrogens is 1. The average molecular weight is 177 g/mol. The maximum absolute atomic E-state index is 4.15. The predicted molar refractivity (Wildman–Crippen MR) is 54.3 cm³/mol. The van der Waals surface area contributed by atoms with E-state index in [1.807, 2.05) is 18.3 Å². The summed E-state index contributed by atoms with van der Waals surface area (Å²) in [6.45, 7) is 9.93. The largest absolute Gasteiger partial charge is 0.348 e. The van der Waals surface area contributed by atoms with E-state index in [9.17, 15) is 0 Å². The van der Waals surface area contributed by atoms with Gasteiger partial charge in [-0.3, -0.25) is 4.90 Å². The lowest BCUT2D eigenvalue weighted by molar-refractivity contribution is 0.320. The first-order valence-corrected chi connectivity index (χ1v) is 4.29. The fourth-order valence-electron chi connectivity index (χ4n) is 1.17. The quantitative estimate of drug-likeness (QED) is 0.669. The van der Waals surface area contributed by atoms with Crippen LogP contribution >= 0.6 is 0 Å². The van der Waals surface area contributed by atoms with E-state index in [4.69, 9.17) is 0 Å². The lowest BCUT2D eigenvalue weighted by Gasteiger charge is -2.16. The summed E-state index contributed by atoms with van der Waals surface area (Å²) < 4.78 is 0. The molecule has 0 aliphatic heterocycles. The summed E-state index contributed by atoms with van der Waals surface area (Å²) in [5, 5.41) is 0. The first-order valence-electron chi connectivity index (χ1n) is 4.29. The molecule has 0 spiro atoms. The Kier molecular flexibility index (Phi) is 3.99. The highest BCUT2D eigenvalue weighted by atomic mass is 15.1. The molecule has 70 valence electrons. The second kappa shape index (κ2) is 5.32. The number of hydrogen-bond acceptors (Lipinski definition) is 2. The Morgan fingerprint density at radius 1 is 1.38 bits per heavy atom. The number of nitrogens with one attached hydrogen (secondary N) is 1. The monoisotopic (exact) mass is 177 g/mol. The highest BCUT2D eigenvalue weighted by Crippen LogP contribution is 1.98. The van der Waals surface area contributed by atoms with Gasteiger partial charge in [-0.15, -0.1) is 13.2 Å². The minimum Gasteiger partial charge on any atom is -0.348 e. The molecule has 0 saturated carbocycles. The Bertz CT molecular complexity index is 241. The van der Waals surface area contributed by atoms with E-state index in [0.717, 1.165) is 25.5 Å². The van der Waals surface area contributed by atoms with E-state index in [2.05, 4.69) is 28.0 Å². The highest BCUT2D eigenvalue weighted by molar-refractivity contribution is 4.89. The highest BCUT2D eigenvalue weighted by Gasteiger charge is 2.02. The van der Waals surface area contributed by atoms with Crippen molar-refractivity contribution in [1.29, 1.82) is 0 Å². The van der Waals surface area contributed by atoms with Gasteiger partial charge in [0.1, 0.15) is 5.82 Å². The van der Waals surface area contributed by atoms with Gasteiger partial charge in [-0.2, -0.15) is 0 Å². The summed E-state index contributed by atoms with van der Waals surface area (Å²) >= 11 is 0. The molecule has 1 aromatic rings. The first-order chi connectivity index (χ1) is 6.36. The number of aromatic nitrogens is 2. The second-order valence-electron chi connectivity index (χ2n) is 2.81. The predicted octanol–water partition coefficient (Wildman–Crippen LogP) is 1.58. The fourth-order valence-corrected chi connectivity index (χ4v) is 1.17. The average Bonchev–Trinajstić information content (AvgIpc) is 2.58. The van der Waals surface area contributed by atoms with Crippen LogP contribution in [0.25, 0.3) is 0 Å². The smallest absolute Gasteiger partial charge is 0.120 e. The molecule has 1 rings (SSSR count). The molecule has 3 heteroatoms. The van der Waals surface area contributed by atoms with Gasteiger partial charge in [0.2, 0.25) is 0 Å². The van der Waals surface area contributed by atoms with E-state index >= 15 is 0 Å². The lowest BCUT2D eigenvalue weighted by Crippen LogP contribution is -2.23. The summed E-state index contributed by atoms with van der Waals surface area (Å²) in [6.07, 6.45) is 7.35. The SMILES string of the molecule is C=CCN(CC=C)Cc1ncc[nH]1. The van der Waals surface area contributed by atoms with Crippen molar-refractivity contribution in [2.75, 3.05) is 13.1 Å². The number of nitrogens with zero attached hydrogens (tertiary/aromatic N) is 2. The molecule has 0 aliphatic rings. The molecule has 0 radical (unpaired) electrons. The van der Waals surface area contributed by atoms with Crippen molar-refractivity contribution < 1.29 is 0 Å².